The lowest BCUT2D eigenvalue weighted by molar-refractivity contribution is -0.140. The summed E-state index contributed by atoms with van der Waals surface area (Å²) in [6, 6.07) is 16.2. The molecule has 0 bridgehead atoms. The van der Waals surface area contributed by atoms with Gasteiger partial charge in [0.05, 0.1) is 6.61 Å². The summed E-state index contributed by atoms with van der Waals surface area (Å²) in [5, 5.41) is 9.79. The van der Waals surface area contributed by atoms with Gasteiger partial charge in [0.25, 0.3) is 0 Å². The first-order chi connectivity index (χ1) is 20.2. The number of aliphatic hydroxyl groups excluding tert-OH is 1. The van der Waals surface area contributed by atoms with Gasteiger partial charge in [0.15, 0.2) is 0 Å². The van der Waals surface area contributed by atoms with Crippen LogP contribution >= 0.6 is 0 Å². The molecule has 0 heterocycles. The molecular formula is C37H44F2O3. The van der Waals surface area contributed by atoms with E-state index in [1.165, 1.54) is 31.7 Å². The summed E-state index contributed by atoms with van der Waals surface area (Å²) >= 11 is 0. The van der Waals surface area contributed by atoms with Crippen LogP contribution in [0.15, 0.2) is 66.7 Å². The quantitative estimate of drug-likeness (QED) is 0.173. The van der Waals surface area contributed by atoms with E-state index in [-0.39, 0.29) is 24.9 Å². The van der Waals surface area contributed by atoms with Gasteiger partial charge >= 0.3 is 5.97 Å². The highest BCUT2D eigenvalue weighted by molar-refractivity contribution is 5.86. The van der Waals surface area contributed by atoms with E-state index in [1.54, 1.807) is 31.2 Å². The molecule has 0 saturated heterocycles. The number of hydrogen-bond donors (Lipinski definition) is 1. The van der Waals surface area contributed by atoms with Crippen molar-refractivity contribution in [2.45, 2.75) is 78.1 Å². The number of aryl methyl sites for hydroxylation is 1. The van der Waals surface area contributed by atoms with Crippen LogP contribution in [0, 0.1) is 23.5 Å². The lowest BCUT2D eigenvalue weighted by Gasteiger charge is -2.28. The summed E-state index contributed by atoms with van der Waals surface area (Å²) in [4.78, 5) is 11.7. The maximum absolute atomic E-state index is 15.5. The van der Waals surface area contributed by atoms with Gasteiger partial charge in [-0.05, 0) is 97.2 Å². The predicted octanol–water partition coefficient (Wildman–Crippen LogP) is 9.21. The van der Waals surface area contributed by atoms with Crippen LogP contribution < -0.4 is 0 Å². The van der Waals surface area contributed by atoms with Crippen LogP contribution in [-0.2, 0) is 22.4 Å². The van der Waals surface area contributed by atoms with Gasteiger partial charge < -0.3 is 9.84 Å². The molecule has 3 aromatic carbocycles. The molecule has 224 valence electrons. The summed E-state index contributed by atoms with van der Waals surface area (Å²) in [5.41, 5.74) is 5.50. The second-order valence-electron chi connectivity index (χ2n) is 11.9. The molecule has 4 rings (SSSR count). The van der Waals surface area contributed by atoms with Crippen molar-refractivity contribution < 1.29 is 23.4 Å². The van der Waals surface area contributed by atoms with Gasteiger partial charge in [0.2, 0.25) is 0 Å². The van der Waals surface area contributed by atoms with E-state index < -0.39 is 11.8 Å². The molecule has 0 amide bonds. The minimum atomic E-state index is -0.475. The first-order valence-corrected chi connectivity index (χ1v) is 15.4. The molecule has 1 aliphatic carbocycles. The van der Waals surface area contributed by atoms with E-state index in [1.807, 2.05) is 31.2 Å². The van der Waals surface area contributed by atoms with Gasteiger partial charge in [-0.25, -0.2) is 13.6 Å². The van der Waals surface area contributed by atoms with Crippen LogP contribution in [0.5, 0.6) is 0 Å². The largest absolute Gasteiger partial charge is 0.462 e. The predicted molar refractivity (Wildman–Crippen MR) is 166 cm³/mol. The average Bonchev–Trinajstić information content (AvgIpc) is 2.99. The Labute approximate surface area is 249 Å². The Morgan fingerprint density at radius 2 is 1.64 bits per heavy atom. The molecule has 3 aromatic rings. The fourth-order valence-corrected chi connectivity index (χ4v) is 6.27. The molecule has 0 spiro atoms. The minimum Gasteiger partial charge on any atom is -0.462 e. The first-order valence-electron chi connectivity index (χ1n) is 15.4. The van der Waals surface area contributed by atoms with Crippen molar-refractivity contribution in [2.75, 3.05) is 13.2 Å². The van der Waals surface area contributed by atoms with E-state index in [0.717, 1.165) is 41.0 Å². The molecule has 1 atom stereocenters. The van der Waals surface area contributed by atoms with E-state index in [2.05, 4.69) is 13.5 Å². The Balaban J connectivity index is 1.48. The highest BCUT2D eigenvalue weighted by Crippen LogP contribution is 2.39. The summed E-state index contributed by atoms with van der Waals surface area (Å²) in [6.45, 7) is 9.38. The van der Waals surface area contributed by atoms with Crippen molar-refractivity contribution in [1.82, 2.24) is 0 Å². The van der Waals surface area contributed by atoms with Gasteiger partial charge in [0, 0.05) is 29.2 Å². The maximum Gasteiger partial charge on any atom is 0.333 e. The molecule has 0 aromatic heterocycles. The molecule has 0 aliphatic heterocycles. The number of carbonyl (C=O) groups excluding carboxylic acids is 1. The van der Waals surface area contributed by atoms with E-state index in [0.29, 0.717) is 41.0 Å². The standard InChI is InChI=1S/C37H44F2O3/c1-5-7-25-8-11-29(12-9-25)30-13-16-33(35(38)20-30)31-14-17-34(36(39)21-31)32-15-10-26(19-28(32)6-2)18-27(22-40)23-42-37(41)24(3)4/h10,13-17,19-21,25,27,29,40H,3,5-9,11-12,18,22-23H2,1-2,4H3. The van der Waals surface area contributed by atoms with Crippen molar-refractivity contribution in [1.29, 1.82) is 0 Å². The van der Waals surface area contributed by atoms with E-state index in [4.69, 9.17) is 4.74 Å². The van der Waals surface area contributed by atoms with Crippen LogP contribution in [0.25, 0.3) is 22.3 Å². The molecule has 5 heteroatoms. The van der Waals surface area contributed by atoms with Gasteiger partial charge in [-0.2, -0.15) is 0 Å². The molecular weight excluding hydrogens is 530 g/mol. The Morgan fingerprint density at radius 1 is 0.952 bits per heavy atom. The van der Waals surface area contributed by atoms with E-state index >= 15 is 8.78 Å². The zero-order chi connectivity index (χ0) is 30.2. The van der Waals surface area contributed by atoms with Crippen LogP contribution in [0.4, 0.5) is 8.78 Å². The van der Waals surface area contributed by atoms with Crippen LogP contribution in [0.2, 0.25) is 0 Å². The molecule has 1 fully saturated rings. The smallest absolute Gasteiger partial charge is 0.333 e. The molecule has 3 nitrogen and oxygen atoms in total. The fourth-order valence-electron chi connectivity index (χ4n) is 6.27. The van der Waals surface area contributed by atoms with Crippen LogP contribution in [0.1, 0.15) is 81.9 Å². The lowest BCUT2D eigenvalue weighted by Crippen LogP contribution is -2.19. The summed E-state index contributed by atoms with van der Waals surface area (Å²) in [6.07, 6.45) is 8.34. The molecule has 1 unspecified atom stereocenters. The Hall–Kier alpha value is -3.31. The van der Waals surface area contributed by atoms with Crippen LogP contribution in [-0.4, -0.2) is 24.3 Å². The van der Waals surface area contributed by atoms with Gasteiger partial charge in [0.1, 0.15) is 11.6 Å². The number of halogens is 2. The zero-order valence-corrected chi connectivity index (χ0v) is 25.2. The number of hydrogen-bond acceptors (Lipinski definition) is 3. The van der Waals surface area contributed by atoms with Gasteiger partial charge in [-0.1, -0.05) is 75.7 Å². The Morgan fingerprint density at radius 3 is 2.26 bits per heavy atom. The molecule has 1 saturated carbocycles. The van der Waals surface area contributed by atoms with E-state index in [9.17, 15) is 9.90 Å². The summed E-state index contributed by atoms with van der Waals surface area (Å²) < 4.78 is 36.1. The number of aliphatic hydroxyl groups is 1. The molecule has 42 heavy (non-hydrogen) atoms. The monoisotopic (exact) mass is 574 g/mol. The highest BCUT2D eigenvalue weighted by atomic mass is 19.1. The Kier molecular flexibility index (Phi) is 11.1. The zero-order valence-electron chi connectivity index (χ0n) is 25.2. The average molecular weight is 575 g/mol. The molecule has 1 N–H and O–H groups in total. The number of ether oxygens (including phenoxy) is 1. The Bertz CT molecular complexity index is 1390. The second-order valence-corrected chi connectivity index (χ2v) is 11.9. The number of carbonyl (C=O) groups is 1. The third kappa shape index (κ3) is 7.74. The summed E-state index contributed by atoms with van der Waals surface area (Å²) in [5.74, 6) is -0.226. The topological polar surface area (TPSA) is 46.5 Å². The van der Waals surface area contributed by atoms with Crippen molar-refractivity contribution in [2.24, 2.45) is 11.8 Å². The first kappa shape index (κ1) is 31.6. The third-order valence-electron chi connectivity index (χ3n) is 8.71. The third-order valence-corrected chi connectivity index (χ3v) is 8.71. The van der Waals surface area contributed by atoms with Gasteiger partial charge in [-0.15, -0.1) is 0 Å². The highest BCUT2D eigenvalue weighted by Gasteiger charge is 2.23. The van der Waals surface area contributed by atoms with Crippen molar-refractivity contribution in [3.8, 4) is 22.3 Å². The normalized spacial score (nSPS) is 17.6. The number of rotatable bonds is 12. The van der Waals surface area contributed by atoms with Crippen LogP contribution in [0.3, 0.4) is 0 Å². The SMILES string of the molecule is C=C(C)C(=O)OCC(CO)Cc1ccc(-c2ccc(-c3ccc(C4CCC(CCC)CC4)cc3F)cc2F)c(CC)c1. The van der Waals surface area contributed by atoms with Crippen molar-refractivity contribution in [3.05, 3.63) is 95.1 Å². The lowest BCUT2D eigenvalue weighted by atomic mass is 9.77. The fraction of sp³-hybridized carbons (Fsp3) is 0.432. The maximum atomic E-state index is 15.5. The minimum absolute atomic E-state index is 0.0963. The van der Waals surface area contributed by atoms with Crippen molar-refractivity contribution >= 4 is 5.97 Å². The van der Waals surface area contributed by atoms with Gasteiger partial charge in [-0.3, -0.25) is 0 Å². The molecule has 0 radical (unpaired) electrons. The summed E-state index contributed by atoms with van der Waals surface area (Å²) in [7, 11) is 0. The number of benzene rings is 3. The van der Waals surface area contributed by atoms with Crippen molar-refractivity contribution in [3.63, 3.8) is 0 Å². The molecule has 1 aliphatic rings. The number of esters is 1. The second kappa shape index (κ2) is 14.7.